The van der Waals surface area contributed by atoms with Gasteiger partial charge in [-0.15, -0.1) is 11.8 Å². The molecule has 0 radical (unpaired) electrons. The smallest absolute Gasteiger partial charge is 0.230 e. The number of rotatable bonds is 8. The lowest BCUT2D eigenvalue weighted by molar-refractivity contribution is -0.119. The summed E-state index contributed by atoms with van der Waals surface area (Å²) in [6.07, 6.45) is 1.98. The fourth-order valence-electron chi connectivity index (χ4n) is 2.63. The quantitative estimate of drug-likeness (QED) is 0.675. The molecule has 0 aromatic heterocycles. The summed E-state index contributed by atoms with van der Waals surface area (Å²) in [5.74, 6) is 1.42. The predicted molar refractivity (Wildman–Crippen MR) is 108 cm³/mol. The van der Waals surface area contributed by atoms with Crippen molar-refractivity contribution in [2.45, 2.75) is 30.7 Å². The van der Waals surface area contributed by atoms with E-state index in [9.17, 15) is 9.59 Å². The molecule has 0 aliphatic heterocycles. The molecule has 2 amide bonds. The Balaban J connectivity index is 1.46. The first-order valence-corrected chi connectivity index (χ1v) is 10.0. The molecule has 1 fully saturated rings. The second-order valence-corrected chi connectivity index (χ2v) is 7.69. The molecule has 5 nitrogen and oxygen atoms in total. The number of nitrogens with one attached hydrogen (secondary N) is 2. The third-order valence-electron chi connectivity index (χ3n) is 4.43. The summed E-state index contributed by atoms with van der Waals surface area (Å²) in [7, 11) is 1.63. The number of amides is 2. The first-order valence-electron chi connectivity index (χ1n) is 9.02. The minimum absolute atomic E-state index is 0.0190. The Bertz CT molecular complexity index is 786. The van der Waals surface area contributed by atoms with Gasteiger partial charge < -0.3 is 15.4 Å². The molecule has 2 aromatic carbocycles. The standard InChI is InChI=1S/C21H24N2O3S/c1-14(15-5-7-17(8-6-15)23-21(25)16-3-4-16)22-20(24)13-27-19-11-9-18(26-2)10-12-19/h5-12,14,16H,3-4,13H2,1-2H3,(H,22,24)(H,23,25). The molecule has 3 rings (SSSR count). The fraction of sp³-hybridized carbons (Fsp3) is 0.333. The number of benzene rings is 2. The lowest BCUT2D eigenvalue weighted by Crippen LogP contribution is -2.28. The van der Waals surface area contributed by atoms with Gasteiger partial charge in [-0.25, -0.2) is 0 Å². The van der Waals surface area contributed by atoms with Gasteiger partial charge in [-0.3, -0.25) is 9.59 Å². The number of carbonyl (C=O) groups excluding carboxylic acids is 2. The molecule has 6 heteroatoms. The van der Waals surface area contributed by atoms with Gasteiger partial charge in [0.15, 0.2) is 0 Å². The van der Waals surface area contributed by atoms with Crippen LogP contribution < -0.4 is 15.4 Å². The Labute approximate surface area is 163 Å². The average molecular weight is 385 g/mol. The predicted octanol–water partition coefficient (Wildman–Crippen LogP) is 4.01. The number of hydrogen-bond donors (Lipinski definition) is 2. The van der Waals surface area contributed by atoms with Crippen LogP contribution in [-0.4, -0.2) is 24.7 Å². The van der Waals surface area contributed by atoms with Crippen molar-refractivity contribution in [1.29, 1.82) is 0 Å². The Hall–Kier alpha value is -2.47. The molecule has 27 heavy (non-hydrogen) atoms. The van der Waals surface area contributed by atoms with Crippen LogP contribution in [0.2, 0.25) is 0 Å². The Kier molecular flexibility index (Phi) is 6.40. The molecule has 1 aliphatic carbocycles. The highest BCUT2D eigenvalue weighted by Gasteiger charge is 2.29. The zero-order valence-corrected chi connectivity index (χ0v) is 16.3. The van der Waals surface area contributed by atoms with Gasteiger partial charge in [0.2, 0.25) is 11.8 Å². The van der Waals surface area contributed by atoms with E-state index in [-0.39, 0.29) is 23.8 Å². The third-order valence-corrected chi connectivity index (χ3v) is 5.45. The second-order valence-electron chi connectivity index (χ2n) is 6.64. The van der Waals surface area contributed by atoms with E-state index in [1.54, 1.807) is 7.11 Å². The van der Waals surface area contributed by atoms with Crippen molar-refractivity contribution in [3.8, 4) is 5.75 Å². The molecular weight excluding hydrogens is 360 g/mol. The summed E-state index contributed by atoms with van der Waals surface area (Å²) < 4.78 is 5.13. The summed E-state index contributed by atoms with van der Waals surface area (Å²) in [4.78, 5) is 25.0. The molecule has 1 saturated carbocycles. The summed E-state index contributed by atoms with van der Waals surface area (Å²) in [5, 5.41) is 5.92. The van der Waals surface area contributed by atoms with E-state index >= 15 is 0 Å². The van der Waals surface area contributed by atoms with Crippen LogP contribution >= 0.6 is 11.8 Å². The van der Waals surface area contributed by atoms with Gasteiger partial charge >= 0.3 is 0 Å². The Morgan fingerprint density at radius 3 is 2.37 bits per heavy atom. The van der Waals surface area contributed by atoms with Crippen LogP contribution in [0.1, 0.15) is 31.4 Å². The molecular formula is C21H24N2O3S. The van der Waals surface area contributed by atoms with Gasteiger partial charge in [0.05, 0.1) is 18.9 Å². The fourth-order valence-corrected chi connectivity index (χ4v) is 3.34. The number of ether oxygens (including phenoxy) is 1. The number of hydrogen-bond acceptors (Lipinski definition) is 4. The molecule has 1 aliphatic rings. The van der Waals surface area contributed by atoms with Crippen molar-refractivity contribution in [2.24, 2.45) is 5.92 Å². The third kappa shape index (κ3) is 5.76. The highest BCUT2D eigenvalue weighted by Crippen LogP contribution is 2.30. The van der Waals surface area contributed by atoms with Crippen LogP contribution in [0.3, 0.4) is 0 Å². The van der Waals surface area contributed by atoms with Crippen LogP contribution in [-0.2, 0) is 9.59 Å². The van der Waals surface area contributed by atoms with E-state index < -0.39 is 0 Å². The van der Waals surface area contributed by atoms with Crippen LogP contribution in [0.5, 0.6) is 5.75 Å². The van der Waals surface area contributed by atoms with Gasteiger partial charge in [-0.05, 0) is 61.7 Å². The van der Waals surface area contributed by atoms with Gasteiger partial charge in [-0.2, -0.15) is 0 Å². The van der Waals surface area contributed by atoms with Crippen molar-refractivity contribution in [3.05, 3.63) is 54.1 Å². The van der Waals surface area contributed by atoms with Crippen LogP contribution in [0.25, 0.3) is 0 Å². The normalized spacial score (nSPS) is 14.3. The van der Waals surface area contributed by atoms with Gasteiger partial charge in [0.1, 0.15) is 5.75 Å². The second kappa shape index (κ2) is 8.95. The summed E-state index contributed by atoms with van der Waals surface area (Å²) in [6.45, 7) is 1.95. The van der Waals surface area contributed by atoms with Gasteiger partial charge in [0, 0.05) is 16.5 Å². The highest BCUT2D eigenvalue weighted by molar-refractivity contribution is 8.00. The first kappa shape index (κ1) is 19.3. The number of thioether (sulfide) groups is 1. The number of anilines is 1. The minimum atomic E-state index is -0.0952. The maximum absolute atomic E-state index is 12.2. The highest BCUT2D eigenvalue weighted by atomic mass is 32.2. The lowest BCUT2D eigenvalue weighted by atomic mass is 10.1. The minimum Gasteiger partial charge on any atom is -0.497 e. The first-order chi connectivity index (χ1) is 13.0. The molecule has 0 heterocycles. The van der Waals surface area contributed by atoms with Gasteiger partial charge in [0.25, 0.3) is 0 Å². The number of methoxy groups -OCH3 is 1. The average Bonchev–Trinajstić information content (AvgIpc) is 3.52. The lowest BCUT2D eigenvalue weighted by Gasteiger charge is -2.15. The molecule has 0 spiro atoms. The topological polar surface area (TPSA) is 67.4 Å². The monoisotopic (exact) mass is 384 g/mol. The molecule has 0 saturated heterocycles. The summed E-state index contributed by atoms with van der Waals surface area (Å²) in [5.41, 5.74) is 1.80. The van der Waals surface area contributed by atoms with E-state index in [1.165, 1.54) is 11.8 Å². The molecule has 142 valence electrons. The van der Waals surface area contributed by atoms with E-state index in [0.29, 0.717) is 5.75 Å². The molecule has 1 atom stereocenters. The molecule has 2 N–H and O–H groups in total. The Morgan fingerprint density at radius 2 is 1.78 bits per heavy atom. The SMILES string of the molecule is COc1ccc(SCC(=O)NC(C)c2ccc(NC(=O)C3CC3)cc2)cc1. The van der Waals surface area contributed by atoms with Crippen molar-refractivity contribution in [2.75, 3.05) is 18.2 Å². The zero-order chi connectivity index (χ0) is 19.2. The van der Waals surface area contributed by atoms with Crippen LogP contribution in [0.15, 0.2) is 53.4 Å². The number of carbonyl (C=O) groups is 2. The van der Waals surface area contributed by atoms with E-state index in [1.807, 2.05) is 55.5 Å². The molecule has 0 bridgehead atoms. The van der Waals surface area contributed by atoms with Gasteiger partial charge in [-0.1, -0.05) is 12.1 Å². The van der Waals surface area contributed by atoms with Crippen LogP contribution in [0.4, 0.5) is 5.69 Å². The summed E-state index contributed by atoms with van der Waals surface area (Å²) >= 11 is 1.49. The van der Waals surface area contributed by atoms with Crippen molar-refractivity contribution in [3.63, 3.8) is 0 Å². The van der Waals surface area contributed by atoms with Crippen molar-refractivity contribution in [1.82, 2.24) is 5.32 Å². The van der Waals surface area contributed by atoms with E-state index in [0.717, 1.165) is 34.7 Å². The molecule has 1 unspecified atom stereocenters. The van der Waals surface area contributed by atoms with Crippen molar-refractivity contribution >= 4 is 29.3 Å². The van der Waals surface area contributed by atoms with E-state index in [4.69, 9.17) is 4.74 Å². The Morgan fingerprint density at radius 1 is 1.11 bits per heavy atom. The largest absolute Gasteiger partial charge is 0.497 e. The zero-order valence-electron chi connectivity index (χ0n) is 15.5. The maximum Gasteiger partial charge on any atom is 0.230 e. The summed E-state index contributed by atoms with van der Waals surface area (Å²) in [6, 6.07) is 15.2. The van der Waals surface area contributed by atoms with Crippen LogP contribution in [0, 0.1) is 5.92 Å². The van der Waals surface area contributed by atoms with E-state index in [2.05, 4.69) is 10.6 Å². The van der Waals surface area contributed by atoms with Crippen molar-refractivity contribution < 1.29 is 14.3 Å². The maximum atomic E-state index is 12.2. The molecule has 2 aromatic rings.